The number of hydrogen-bond acceptors (Lipinski definition) is 3. The number of ketones is 1. The summed E-state index contributed by atoms with van der Waals surface area (Å²) in [6, 6.07) is 0. The molecule has 1 amide bonds. The van der Waals surface area contributed by atoms with Gasteiger partial charge in [-0.15, -0.1) is 0 Å². The normalized spacial score (nSPS) is 11.0. The molecule has 1 N–H and O–H groups in total. The minimum atomic E-state index is -0.270. The third-order valence-corrected chi connectivity index (χ3v) is 1.11. The maximum atomic E-state index is 10.8. The molecule has 0 heterocycles. The van der Waals surface area contributed by atoms with Crippen LogP contribution in [0.5, 0.6) is 0 Å². The fraction of sp³-hybridized carbons (Fsp3) is 0.571. The van der Waals surface area contributed by atoms with Crippen molar-refractivity contribution in [2.45, 2.75) is 27.2 Å². The van der Waals surface area contributed by atoms with E-state index in [1.165, 1.54) is 6.92 Å². The number of hydrogen-bond donors (Lipinski definition) is 1. The zero-order valence-corrected chi connectivity index (χ0v) is 6.97. The van der Waals surface area contributed by atoms with Crippen LogP contribution in [0.15, 0.2) is 5.10 Å². The molecule has 0 aromatic heterocycles. The molecule has 0 rings (SSSR count). The van der Waals surface area contributed by atoms with Gasteiger partial charge in [0.15, 0.2) is 5.78 Å². The van der Waals surface area contributed by atoms with Crippen molar-refractivity contribution in [3.63, 3.8) is 0 Å². The molecule has 0 unspecified atom stereocenters. The van der Waals surface area contributed by atoms with Crippen LogP contribution in [-0.2, 0) is 9.59 Å². The maximum Gasteiger partial charge on any atom is 0.236 e. The molecule has 11 heavy (non-hydrogen) atoms. The van der Waals surface area contributed by atoms with Gasteiger partial charge in [0.25, 0.3) is 0 Å². The van der Waals surface area contributed by atoms with E-state index in [9.17, 15) is 9.59 Å². The van der Waals surface area contributed by atoms with Crippen LogP contribution in [0.1, 0.15) is 27.2 Å². The van der Waals surface area contributed by atoms with Gasteiger partial charge in [-0.25, -0.2) is 5.43 Å². The van der Waals surface area contributed by atoms with E-state index in [0.717, 1.165) is 0 Å². The number of amides is 1. The van der Waals surface area contributed by atoms with Gasteiger partial charge in [-0.1, -0.05) is 6.92 Å². The summed E-state index contributed by atoms with van der Waals surface area (Å²) in [6.45, 7) is 4.66. The Hall–Kier alpha value is -1.19. The van der Waals surface area contributed by atoms with Crippen LogP contribution in [0.3, 0.4) is 0 Å². The Labute approximate surface area is 65.7 Å². The summed E-state index contributed by atoms with van der Waals surface area (Å²) in [5.41, 5.74) is 2.52. The molecule has 0 fully saturated rings. The van der Waals surface area contributed by atoms with Crippen LogP contribution in [0.4, 0.5) is 0 Å². The van der Waals surface area contributed by atoms with Gasteiger partial charge in [0, 0.05) is 13.3 Å². The topological polar surface area (TPSA) is 58.5 Å². The fourth-order valence-electron chi connectivity index (χ4n) is 0.481. The van der Waals surface area contributed by atoms with Crippen LogP contribution < -0.4 is 5.43 Å². The van der Waals surface area contributed by atoms with Gasteiger partial charge in [0.05, 0.1) is 0 Å². The lowest BCUT2D eigenvalue weighted by molar-refractivity contribution is -0.118. The minimum absolute atomic E-state index is 0.0567. The number of nitrogens with one attached hydrogen (secondary N) is 1. The zero-order valence-electron chi connectivity index (χ0n) is 6.97. The molecule has 62 valence electrons. The molecule has 0 radical (unpaired) electrons. The summed E-state index contributed by atoms with van der Waals surface area (Å²) < 4.78 is 0. The number of Topliss-reactive ketones (excluding diaryl/α,β-unsaturated/α-hetero) is 1. The summed E-state index contributed by atoms with van der Waals surface area (Å²) in [4.78, 5) is 21.2. The lowest BCUT2D eigenvalue weighted by Gasteiger charge is -1.95. The molecule has 0 saturated carbocycles. The highest BCUT2D eigenvalue weighted by Gasteiger charge is 2.01. The van der Waals surface area contributed by atoms with Crippen molar-refractivity contribution in [1.82, 2.24) is 5.43 Å². The number of carbonyl (C=O) groups is 2. The third kappa shape index (κ3) is 4.25. The third-order valence-electron chi connectivity index (χ3n) is 1.11. The molecule has 0 atom stereocenters. The van der Waals surface area contributed by atoms with E-state index < -0.39 is 0 Å². The van der Waals surface area contributed by atoms with E-state index in [2.05, 4.69) is 10.5 Å². The van der Waals surface area contributed by atoms with Crippen molar-refractivity contribution in [2.75, 3.05) is 0 Å². The van der Waals surface area contributed by atoms with Gasteiger partial charge >= 0.3 is 0 Å². The van der Waals surface area contributed by atoms with Crippen molar-refractivity contribution in [3.8, 4) is 0 Å². The number of carbonyl (C=O) groups excluding carboxylic acids is 2. The molecule has 0 spiro atoms. The SMILES string of the molecule is CCC(=O)C(C)=NNC(C)=O. The first-order valence-corrected chi connectivity index (χ1v) is 3.42. The molecule has 4 heteroatoms. The van der Waals surface area contributed by atoms with Crippen molar-refractivity contribution in [3.05, 3.63) is 0 Å². The zero-order chi connectivity index (χ0) is 8.85. The Balaban J connectivity index is 4.00. The molecule has 0 aliphatic heterocycles. The Morgan fingerprint density at radius 2 is 1.91 bits per heavy atom. The number of hydrazone groups is 1. The summed E-state index contributed by atoms with van der Waals surface area (Å²) in [7, 11) is 0. The van der Waals surface area contributed by atoms with Gasteiger partial charge in [0.1, 0.15) is 5.71 Å². The largest absolute Gasteiger partial charge is 0.293 e. The second-order valence-corrected chi connectivity index (χ2v) is 2.14. The van der Waals surface area contributed by atoms with E-state index in [4.69, 9.17) is 0 Å². The lowest BCUT2D eigenvalue weighted by Crippen LogP contribution is -2.18. The highest BCUT2D eigenvalue weighted by Crippen LogP contribution is 1.84. The Morgan fingerprint density at radius 3 is 2.27 bits per heavy atom. The Kier molecular flexibility index (Phi) is 4.10. The summed E-state index contributed by atoms with van der Waals surface area (Å²) in [5.74, 6) is -0.327. The van der Waals surface area contributed by atoms with Crippen LogP contribution in [0.25, 0.3) is 0 Å². The molecule has 0 aliphatic rings. The van der Waals surface area contributed by atoms with Crippen LogP contribution >= 0.6 is 0 Å². The van der Waals surface area contributed by atoms with E-state index in [0.29, 0.717) is 12.1 Å². The number of rotatable bonds is 3. The first kappa shape index (κ1) is 9.81. The standard InChI is InChI=1S/C7H12N2O2/c1-4-7(11)5(2)8-9-6(3)10/h4H2,1-3H3,(H,9,10). The second kappa shape index (κ2) is 4.60. The monoisotopic (exact) mass is 156 g/mol. The van der Waals surface area contributed by atoms with Gasteiger partial charge in [-0.2, -0.15) is 5.10 Å². The minimum Gasteiger partial charge on any atom is -0.293 e. The second-order valence-electron chi connectivity index (χ2n) is 2.14. The molecule has 0 aliphatic carbocycles. The molecular formula is C7H12N2O2. The molecular weight excluding hydrogens is 144 g/mol. The first-order chi connectivity index (χ1) is 5.07. The van der Waals surface area contributed by atoms with Gasteiger partial charge in [-0.05, 0) is 6.92 Å². The fourth-order valence-corrected chi connectivity index (χ4v) is 0.481. The average molecular weight is 156 g/mol. The van der Waals surface area contributed by atoms with Gasteiger partial charge in [-0.3, -0.25) is 9.59 Å². The Bertz CT molecular complexity index is 197. The van der Waals surface area contributed by atoms with E-state index in [-0.39, 0.29) is 11.7 Å². The molecule has 4 nitrogen and oxygen atoms in total. The predicted molar refractivity (Wildman–Crippen MR) is 42.2 cm³/mol. The highest BCUT2D eigenvalue weighted by atomic mass is 16.2. The molecule has 0 bridgehead atoms. The smallest absolute Gasteiger partial charge is 0.236 e. The number of nitrogens with zero attached hydrogens (tertiary/aromatic N) is 1. The lowest BCUT2D eigenvalue weighted by atomic mass is 10.2. The summed E-state index contributed by atoms with van der Waals surface area (Å²) >= 11 is 0. The van der Waals surface area contributed by atoms with Crippen molar-refractivity contribution < 1.29 is 9.59 Å². The van der Waals surface area contributed by atoms with E-state index >= 15 is 0 Å². The quantitative estimate of drug-likeness (QED) is 0.477. The maximum absolute atomic E-state index is 10.8. The Morgan fingerprint density at radius 1 is 1.36 bits per heavy atom. The molecule has 0 aromatic rings. The van der Waals surface area contributed by atoms with Gasteiger partial charge in [0.2, 0.25) is 5.91 Å². The first-order valence-electron chi connectivity index (χ1n) is 3.42. The average Bonchev–Trinajstić information content (AvgIpc) is 1.98. The summed E-state index contributed by atoms with van der Waals surface area (Å²) in [5, 5.41) is 3.56. The van der Waals surface area contributed by atoms with Crippen LogP contribution in [0, 0.1) is 0 Å². The predicted octanol–water partition coefficient (Wildman–Crippen LogP) is 0.478. The molecule has 0 saturated heterocycles. The van der Waals surface area contributed by atoms with E-state index in [1.807, 2.05) is 0 Å². The molecule has 0 aromatic carbocycles. The highest BCUT2D eigenvalue weighted by molar-refractivity contribution is 6.38. The van der Waals surface area contributed by atoms with Crippen LogP contribution in [-0.4, -0.2) is 17.4 Å². The van der Waals surface area contributed by atoms with Crippen molar-refractivity contribution in [1.29, 1.82) is 0 Å². The van der Waals surface area contributed by atoms with Crippen molar-refractivity contribution in [2.24, 2.45) is 5.10 Å². The van der Waals surface area contributed by atoms with Crippen molar-refractivity contribution >= 4 is 17.4 Å². The van der Waals surface area contributed by atoms with E-state index in [1.54, 1.807) is 13.8 Å². The van der Waals surface area contributed by atoms with Gasteiger partial charge < -0.3 is 0 Å². The van der Waals surface area contributed by atoms with Crippen LogP contribution in [0.2, 0.25) is 0 Å². The summed E-state index contributed by atoms with van der Waals surface area (Å²) in [6.07, 6.45) is 0.412.